The van der Waals surface area contributed by atoms with E-state index in [0.717, 1.165) is 31.4 Å². The average molecular weight is 439 g/mol. The average Bonchev–Trinajstić information content (AvgIpc) is 3.37. The molecule has 1 aliphatic carbocycles. The first-order valence-corrected chi connectivity index (χ1v) is 10.2. The third-order valence-electron chi connectivity index (χ3n) is 5.52. The number of nitrogens with zero attached hydrogens (tertiary/aromatic N) is 1. The van der Waals surface area contributed by atoms with Crippen LogP contribution in [0.1, 0.15) is 54.7 Å². The lowest BCUT2D eigenvalue weighted by Crippen LogP contribution is -2.50. The Hall–Kier alpha value is -3.03. The first kappa shape index (κ1) is 22.7. The molecule has 3 atom stereocenters. The van der Waals surface area contributed by atoms with Crippen molar-refractivity contribution in [3.05, 3.63) is 23.5 Å². The van der Waals surface area contributed by atoms with Crippen LogP contribution in [0, 0.1) is 23.2 Å². The second-order valence-corrected chi connectivity index (χ2v) is 8.04. The lowest BCUT2D eigenvalue weighted by Gasteiger charge is -2.25. The van der Waals surface area contributed by atoms with Gasteiger partial charge in [0.2, 0.25) is 11.8 Å². The molecule has 1 aromatic heterocycles. The van der Waals surface area contributed by atoms with Crippen molar-refractivity contribution in [1.29, 1.82) is 5.26 Å². The van der Waals surface area contributed by atoms with Crippen molar-refractivity contribution in [3.8, 4) is 6.07 Å². The molecule has 0 aromatic carbocycles. The van der Waals surface area contributed by atoms with E-state index in [1.165, 1.54) is 0 Å². The van der Waals surface area contributed by atoms with Crippen molar-refractivity contribution in [2.45, 2.75) is 56.8 Å². The Morgan fingerprint density at radius 1 is 1.19 bits per heavy atom. The van der Waals surface area contributed by atoms with Crippen molar-refractivity contribution in [3.63, 3.8) is 0 Å². The molecular weight excluding hydrogens is 415 g/mol. The highest BCUT2D eigenvalue weighted by atomic mass is 19.4. The fourth-order valence-electron chi connectivity index (χ4n) is 3.61. The molecule has 4 N–H and O–H groups in total. The van der Waals surface area contributed by atoms with E-state index in [1.807, 2.05) is 11.1 Å². The number of nitriles is 1. The van der Waals surface area contributed by atoms with Crippen LogP contribution in [0.3, 0.4) is 0 Å². The van der Waals surface area contributed by atoms with E-state index in [-0.39, 0.29) is 29.9 Å². The van der Waals surface area contributed by atoms with Gasteiger partial charge in [-0.25, -0.2) is 0 Å². The lowest BCUT2D eigenvalue weighted by molar-refractivity contribution is -0.140. The molecule has 0 radical (unpaired) electrons. The van der Waals surface area contributed by atoms with Gasteiger partial charge in [0, 0.05) is 12.5 Å². The van der Waals surface area contributed by atoms with Gasteiger partial charge >= 0.3 is 6.18 Å². The molecule has 168 valence electrons. The van der Waals surface area contributed by atoms with Crippen molar-refractivity contribution in [2.24, 2.45) is 11.8 Å². The number of H-pyrrole nitrogens is 1. The normalized spacial score (nSPS) is 20.8. The number of halogens is 3. The summed E-state index contributed by atoms with van der Waals surface area (Å²) in [7, 11) is 0. The van der Waals surface area contributed by atoms with Gasteiger partial charge in [-0.2, -0.15) is 18.4 Å². The van der Waals surface area contributed by atoms with E-state index in [1.54, 1.807) is 0 Å². The first-order chi connectivity index (χ1) is 14.7. The maximum absolute atomic E-state index is 12.8. The lowest BCUT2D eigenvalue weighted by atomic mass is 9.92. The number of carbonyl (C=O) groups excluding carboxylic acids is 3. The van der Waals surface area contributed by atoms with E-state index < -0.39 is 35.8 Å². The van der Waals surface area contributed by atoms with E-state index in [2.05, 4.69) is 16.0 Å². The highest BCUT2D eigenvalue weighted by Gasteiger charge is 2.35. The molecule has 0 bridgehead atoms. The quantitative estimate of drug-likeness (QED) is 0.493. The molecule has 1 aromatic rings. The van der Waals surface area contributed by atoms with Gasteiger partial charge in [-0.05, 0) is 43.7 Å². The third-order valence-corrected chi connectivity index (χ3v) is 5.52. The second kappa shape index (κ2) is 9.41. The van der Waals surface area contributed by atoms with Crippen LogP contribution >= 0.6 is 0 Å². The van der Waals surface area contributed by atoms with Crippen LogP contribution in [0.25, 0.3) is 0 Å². The largest absolute Gasteiger partial charge is 0.431 e. The van der Waals surface area contributed by atoms with Gasteiger partial charge < -0.3 is 20.9 Å². The zero-order chi connectivity index (χ0) is 22.6. The number of nitrogens with one attached hydrogen (secondary N) is 4. The van der Waals surface area contributed by atoms with Gasteiger partial charge in [-0.1, -0.05) is 12.8 Å². The Bertz CT molecular complexity index is 872. The van der Waals surface area contributed by atoms with Crippen LogP contribution in [0.2, 0.25) is 0 Å². The number of carbonyl (C=O) groups is 3. The smallest absolute Gasteiger partial charge is 0.356 e. The van der Waals surface area contributed by atoms with Gasteiger partial charge in [0.25, 0.3) is 5.91 Å². The van der Waals surface area contributed by atoms with Gasteiger partial charge in [0.15, 0.2) is 0 Å². The van der Waals surface area contributed by atoms with E-state index >= 15 is 0 Å². The van der Waals surface area contributed by atoms with Crippen LogP contribution in [0.4, 0.5) is 13.2 Å². The predicted octanol–water partition coefficient (Wildman–Crippen LogP) is 1.86. The fraction of sp³-hybridized carbons (Fsp3) is 0.600. The van der Waals surface area contributed by atoms with Gasteiger partial charge in [0.05, 0.1) is 6.07 Å². The monoisotopic (exact) mass is 439 g/mol. The summed E-state index contributed by atoms with van der Waals surface area (Å²) in [6, 6.07) is 1.83. The van der Waals surface area contributed by atoms with Crippen LogP contribution in [0.5, 0.6) is 0 Å². The summed E-state index contributed by atoms with van der Waals surface area (Å²) in [5.41, 5.74) is -1.37. The van der Waals surface area contributed by atoms with Crippen LogP contribution in [-0.2, 0) is 15.8 Å². The highest BCUT2D eigenvalue weighted by Crippen LogP contribution is 2.34. The molecule has 0 unspecified atom stereocenters. The molecule has 31 heavy (non-hydrogen) atoms. The highest BCUT2D eigenvalue weighted by molar-refractivity contribution is 5.96. The number of piperidine rings is 1. The van der Waals surface area contributed by atoms with Crippen LogP contribution in [0.15, 0.2) is 12.1 Å². The van der Waals surface area contributed by atoms with Gasteiger partial charge in [0.1, 0.15) is 23.5 Å². The van der Waals surface area contributed by atoms with Crippen LogP contribution < -0.4 is 16.0 Å². The summed E-state index contributed by atoms with van der Waals surface area (Å²) >= 11 is 0. The Morgan fingerprint density at radius 3 is 2.52 bits per heavy atom. The summed E-state index contributed by atoms with van der Waals surface area (Å²) in [5.74, 6) is -1.73. The summed E-state index contributed by atoms with van der Waals surface area (Å²) in [5, 5.41) is 17.2. The molecule has 3 amide bonds. The minimum Gasteiger partial charge on any atom is -0.356 e. The maximum Gasteiger partial charge on any atom is 0.431 e. The number of aromatic amines is 1. The summed E-state index contributed by atoms with van der Waals surface area (Å²) in [6.45, 7) is 0.587. The molecule has 2 fully saturated rings. The Labute approximate surface area is 176 Å². The molecule has 0 spiro atoms. The number of hydrogen-bond donors (Lipinski definition) is 4. The molecular formula is C20H24F3N5O3. The minimum atomic E-state index is -4.62. The Kier molecular flexibility index (Phi) is 6.87. The molecule has 8 nitrogen and oxygen atoms in total. The van der Waals surface area contributed by atoms with Crippen molar-refractivity contribution >= 4 is 17.7 Å². The first-order valence-electron chi connectivity index (χ1n) is 10.2. The Balaban J connectivity index is 1.63. The zero-order valence-corrected chi connectivity index (χ0v) is 16.7. The van der Waals surface area contributed by atoms with Crippen molar-refractivity contribution in [2.75, 3.05) is 6.54 Å². The number of aromatic nitrogens is 1. The topological polar surface area (TPSA) is 127 Å². The standard InChI is InChI=1S/C20H24F3N5O3/c21-20(22,23)16-6-5-14(27-16)18(30)28-15(8-11-3-4-11)19(31)26-13(10-24)9-12-2-1-7-25-17(12)29/h5-6,11-13,15,27H,1-4,7-9H2,(H,25,29)(H,26,31)(H,28,30)/t12-,13-,15-/m0/s1. The van der Waals surface area contributed by atoms with E-state index in [9.17, 15) is 32.8 Å². The van der Waals surface area contributed by atoms with E-state index in [0.29, 0.717) is 19.4 Å². The molecule has 1 aliphatic heterocycles. The number of alkyl halides is 3. The maximum atomic E-state index is 12.8. The number of rotatable bonds is 8. The van der Waals surface area contributed by atoms with Crippen molar-refractivity contribution < 1.29 is 27.6 Å². The molecule has 2 aliphatic rings. The predicted molar refractivity (Wildman–Crippen MR) is 102 cm³/mol. The fourth-order valence-corrected chi connectivity index (χ4v) is 3.61. The van der Waals surface area contributed by atoms with E-state index in [4.69, 9.17) is 0 Å². The van der Waals surface area contributed by atoms with Gasteiger partial charge in [-0.3, -0.25) is 14.4 Å². The molecule has 3 rings (SSSR count). The SMILES string of the molecule is N#C[C@H](C[C@@H]1CCCNC1=O)NC(=O)[C@H](CC1CC1)NC(=O)c1ccc(C(F)(F)F)[nH]1. The molecule has 1 saturated carbocycles. The second-order valence-electron chi connectivity index (χ2n) is 8.04. The minimum absolute atomic E-state index is 0.156. The van der Waals surface area contributed by atoms with Gasteiger partial charge in [-0.15, -0.1) is 0 Å². The summed E-state index contributed by atoms with van der Waals surface area (Å²) < 4.78 is 38.3. The molecule has 2 heterocycles. The zero-order valence-electron chi connectivity index (χ0n) is 16.7. The summed E-state index contributed by atoms with van der Waals surface area (Å²) in [6.07, 6.45) is -0.936. The molecule has 11 heteroatoms. The number of amides is 3. The third kappa shape index (κ3) is 6.23. The molecule has 1 saturated heterocycles. The Morgan fingerprint density at radius 2 is 1.94 bits per heavy atom. The summed E-state index contributed by atoms with van der Waals surface area (Å²) in [4.78, 5) is 39.1. The van der Waals surface area contributed by atoms with Crippen LogP contribution in [-0.4, -0.2) is 41.3 Å². The van der Waals surface area contributed by atoms with Crippen molar-refractivity contribution in [1.82, 2.24) is 20.9 Å². The number of hydrogen-bond acceptors (Lipinski definition) is 4.